The third-order valence-corrected chi connectivity index (χ3v) is 3.45. The fourth-order valence-corrected chi connectivity index (χ4v) is 2.46. The summed E-state index contributed by atoms with van der Waals surface area (Å²) < 4.78 is 9.42. The predicted octanol–water partition coefficient (Wildman–Crippen LogP) is 2.22. The number of fused-ring (bicyclic) bond motifs is 1. The first kappa shape index (κ1) is 12.5. The fraction of sp³-hybridized carbons (Fsp3) is 0. The third-order valence-electron chi connectivity index (χ3n) is 3.45. The van der Waals surface area contributed by atoms with Crippen LogP contribution in [0.25, 0.3) is 22.2 Å². The largest absolute Gasteiger partial charge is 0.386 e. The molecule has 0 unspecified atom stereocenters. The first-order chi connectivity index (χ1) is 10.7. The van der Waals surface area contributed by atoms with Crippen molar-refractivity contribution >= 4 is 34.1 Å². The molecule has 0 fully saturated rings. The molecule has 6 heteroatoms. The molecule has 0 spiro atoms. The maximum Gasteiger partial charge on any atom is 0.347 e. The van der Waals surface area contributed by atoms with E-state index in [9.17, 15) is 9.59 Å². The molecule has 2 heterocycles. The summed E-state index contributed by atoms with van der Waals surface area (Å²) in [7, 11) is 0. The van der Waals surface area contributed by atoms with Gasteiger partial charge in [0.05, 0.1) is 11.1 Å². The van der Waals surface area contributed by atoms with Crippen molar-refractivity contribution in [3.63, 3.8) is 0 Å². The highest BCUT2D eigenvalue weighted by Gasteiger charge is 2.34. The molecule has 0 N–H and O–H groups in total. The van der Waals surface area contributed by atoms with Gasteiger partial charge in [-0.2, -0.15) is 0 Å². The van der Waals surface area contributed by atoms with E-state index in [1.54, 1.807) is 42.5 Å². The lowest BCUT2D eigenvalue weighted by Gasteiger charge is -2.02. The molecule has 4 rings (SSSR count). The van der Waals surface area contributed by atoms with Gasteiger partial charge in [-0.05, 0) is 33.6 Å². The number of benzene rings is 2. The normalized spacial score (nSPS) is 14.7. The number of carbonyl (C=O) groups excluding carboxylic acids is 2. The molecule has 2 aromatic carbocycles. The molecule has 0 radical (unpaired) electrons. The van der Waals surface area contributed by atoms with Gasteiger partial charge in [-0.3, -0.25) is 0 Å². The molecule has 1 aliphatic heterocycles. The molecule has 106 valence electrons. The molecule has 1 aliphatic rings. The van der Waals surface area contributed by atoms with Crippen LogP contribution < -0.4 is 0 Å². The van der Waals surface area contributed by atoms with Crippen LogP contribution in [0, 0.1) is 0 Å². The Kier molecular flexibility index (Phi) is 2.62. The maximum absolute atomic E-state index is 12.1. The van der Waals surface area contributed by atoms with Crippen LogP contribution in [-0.4, -0.2) is 22.3 Å². The van der Waals surface area contributed by atoms with E-state index < -0.39 is 11.9 Å². The minimum Gasteiger partial charge on any atom is -0.386 e. The van der Waals surface area contributed by atoms with Crippen molar-refractivity contribution in [3.05, 3.63) is 59.7 Å². The van der Waals surface area contributed by atoms with Gasteiger partial charge < -0.3 is 4.74 Å². The Bertz CT molecular complexity index is 941. The molecular weight excluding hydrogens is 284 g/mol. The van der Waals surface area contributed by atoms with Gasteiger partial charge in [-0.15, -0.1) is 0 Å². The second-order valence-corrected chi connectivity index (χ2v) is 4.76. The molecule has 3 aromatic rings. The van der Waals surface area contributed by atoms with Crippen molar-refractivity contribution in [2.75, 3.05) is 0 Å². The average molecular weight is 292 g/mol. The Morgan fingerprint density at radius 3 is 2.18 bits per heavy atom. The zero-order valence-electron chi connectivity index (χ0n) is 11.1. The van der Waals surface area contributed by atoms with E-state index in [1.165, 1.54) is 0 Å². The number of hydrogen-bond donors (Lipinski definition) is 0. The summed E-state index contributed by atoms with van der Waals surface area (Å²) in [6, 6.07) is 13.9. The highest BCUT2D eigenvalue weighted by atomic mass is 16.6. The number of ether oxygens (including phenoxy) is 1. The zero-order chi connectivity index (χ0) is 15.1. The van der Waals surface area contributed by atoms with Gasteiger partial charge >= 0.3 is 11.9 Å². The van der Waals surface area contributed by atoms with E-state index in [2.05, 4.69) is 14.9 Å². The van der Waals surface area contributed by atoms with E-state index in [0.717, 1.165) is 0 Å². The van der Waals surface area contributed by atoms with Crippen LogP contribution in [0.4, 0.5) is 0 Å². The Morgan fingerprint density at radius 2 is 1.41 bits per heavy atom. The highest BCUT2D eigenvalue weighted by Crippen LogP contribution is 2.34. The standard InChI is InChI=1S/C16H8N2O4/c19-15-13(9-4-2-1-3-5-9)14(16(20)21-15)10-6-7-11-12(8-10)18-22-17-11/h1-8H. The summed E-state index contributed by atoms with van der Waals surface area (Å²) >= 11 is 0. The molecule has 6 nitrogen and oxygen atoms in total. The number of carbonyl (C=O) groups is 2. The van der Waals surface area contributed by atoms with Crippen LogP contribution in [-0.2, 0) is 14.3 Å². The van der Waals surface area contributed by atoms with Gasteiger partial charge in [-0.1, -0.05) is 36.4 Å². The molecule has 0 saturated carbocycles. The molecule has 0 aliphatic carbocycles. The quantitative estimate of drug-likeness (QED) is 0.532. The second kappa shape index (κ2) is 4.63. The predicted molar refractivity (Wildman–Crippen MR) is 76.2 cm³/mol. The minimum atomic E-state index is -0.667. The molecular formula is C16H8N2O4. The molecule has 0 bridgehead atoms. The Balaban J connectivity index is 1.97. The average Bonchev–Trinajstić information content (AvgIpc) is 3.11. The number of aromatic nitrogens is 2. The van der Waals surface area contributed by atoms with Crippen LogP contribution in [0.5, 0.6) is 0 Å². The van der Waals surface area contributed by atoms with Crippen molar-refractivity contribution in [2.24, 2.45) is 0 Å². The Morgan fingerprint density at radius 1 is 0.727 bits per heavy atom. The lowest BCUT2D eigenvalue weighted by atomic mass is 9.96. The van der Waals surface area contributed by atoms with E-state index in [0.29, 0.717) is 22.2 Å². The van der Waals surface area contributed by atoms with Crippen molar-refractivity contribution in [1.29, 1.82) is 0 Å². The lowest BCUT2D eigenvalue weighted by molar-refractivity contribution is -0.149. The smallest absolute Gasteiger partial charge is 0.347 e. The highest BCUT2D eigenvalue weighted by molar-refractivity contribution is 6.44. The molecule has 22 heavy (non-hydrogen) atoms. The summed E-state index contributed by atoms with van der Waals surface area (Å²) in [5.74, 6) is -1.32. The fourth-order valence-electron chi connectivity index (χ4n) is 2.46. The van der Waals surface area contributed by atoms with Crippen molar-refractivity contribution in [3.8, 4) is 0 Å². The first-order valence-corrected chi connectivity index (χ1v) is 6.53. The van der Waals surface area contributed by atoms with Gasteiger partial charge in [-0.25, -0.2) is 14.2 Å². The van der Waals surface area contributed by atoms with Crippen LogP contribution in [0.3, 0.4) is 0 Å². The van der Waals surface area contributed by atoms with Crippen molar-refractivity contribution in [2.45, 2.75) is 0 Å². The first-order valence-electron chi connectivity index (χ1n) is 6.53. The summed E-state index contributed by atoms with van der Waals surface area (Å²) in [4.78, 5) is 24.1. The monoisotopic (exact) mass is 292 g/mol. The third kappa shape index (κ3) is 1.81. The summed E-state index contributed by atoms with van der Waals surface area (Å²) in [6.07, 6.45) is 0. The van der Waals surface area contributed by atoms with Crippen LogP contribution >= 0.6 is 0 Å². The second-order valence-electron chi connectivity index (χ2n) is 4.76. The summed E-state index contributed by atoms with van der Waals surface area (Å²) in [6.45, 7) is 0. The van der Waals surface area contributed by atoms with Crippen LogP contribution in [0.1, 0.15) is 11.1 Å². The lowest BCUT2D eigenvalue weighted by Crippen LogP contribution is -2.02. The van der Waals surface area contributed by atoms with Gasteiger partial charge in [0.25, 0.3) is 0 Å². The van der Waals surface area contributed by atoms with Gasteiger partial charge in [0.15, 0.2) is 0 Å². The van der Waals surface area contributed by atoms with E-state index in [1.807, 2.05) is 6.07 Å². The summed E-state index contributed by atoms with van der Waals surface area (Å²) in [5, 5.41) is 7.46. The van der Waals surface area contributed by atoms with Gasteiger partial charge in [0.1, 0.15) is 11.0 Å². The summed E-state index contributed by atoms with van der Waals surface area (Å²) in [5.41, 5.74) is 2.72. The zero-order valence-corrected chi connectivity index (χ0v) is 11.1. The number of esters is 2. The Hall–Kier alpha value is -3.28. The maximum atomic E-state index is 12.1. The Labute approximate surface area is 124 Å². The van der Waals surface area contributed by atoms with Crippen LogP contribution in [0.2, 0.25) is 0 Å². The van der Waals surface area contributed by atoms with Crippen LogP contribution in [0.15, 0.2) is 53.2 Å². The molecule has 1 aromatic heterocycles. The van der Waals surface area contributed by atoms with Crippen molar-refractivity contribution in [1.82, 2.24) is 10.3 Å². The number of cyclic esters (lactones) is 2. The molecule has 0 atom stereocenters. The van der Waals surface area contributed by atoms with Crippen molar-refractivity contribution < 1.29 is 19.0 Å². The van der Waals surface area contributed by atoms with E-state index in [-0.39, 0.29) is 11.1 Å². The van der Waals surface area contributed by atoms with Gasteiger partial charge in [0, 0.05) is 0 Å². The SMILES string of the molecule is O=C1OC(=O)C(c2ccc3nonc3c2)=C1c1ccccc1. The number of nitrogens with zero attached hydrogens (tertiary/aromatic N) is 2. The number of hydrogen-bond acceptors (Lipinski definition) is 6. The minimum absolute atomic E-state index is 0.223. The molecule has 0 amide bonds. The van der Waals surface area contributed by atoms with Gasteiger partial charge in [0.2, 0.25) is 0 Å². The topological polar surface area (TPSA) is 82.3 Å². The molecule has 0 saturated heterocycles. The van der Waals surface area contributed by atoms with E-state index in [4.69, 9.17) is 4.74 Å². The van der Waals surface area contributed by atoms with E-state index >= 15 is 0 Å². The number of rotatable bonds is 2.